The van der Waals surface area contributed by atoms with E-state index in [4.69, 9.17) is 9.88 Å². The molecule has 9 nitrogen and oxygen atoms in total. The van der Waals surface area contributed by atoms with Gasteiger partial charge in [0.2, 0.25) is 10.0 Å². The lowest BCUT2D eigenvalue weighted by molar-refractivity contribution is -0.384. The summed E-state index contributed by atoms with van der Waals surface area (Å²) in [6.45, 7) is 1.26. The smallest absolute Gasteiger partial charge is 0.295 e. The van der Waals surface area contributed by atoms with Gasteiger partial charge in [0.1, 0.15) is 5.69 Å². The van der Waals surface area contributed by atoms with Crippen LogP contribution in [0.5, 0.6) is 0 Å². The summed E-state index contributed by atoms with van der Waals surface area (Å²) < 4.78 is 27.7. The van der Waals surface area contributed by atoms with Gasteiger partial charge < -0.3 is 10.2 Å². The van der Waals surface area contributed by atoms with Crippen molar-refractivity contribution in [3.05, 3.63) is 28.3 Å². The molecular formula is C11H16N4O5S. The molecule has 1 aromatic rings. The molecule has 0 amide bonds. The first-order valence-electron chi connectivity index (χ1n) is 6.28. The van der Waals surface area contributed by atoms with E-state index in [2.05, 4.69) is 10.9 Å². The fourth-order valence-corrected chi connectivity index (χ4v) is 2.50. The molecule has 0 atom stereocenters. The fourth-order valence-electron chi connectivity index (χ4n) is 1.97. The lowest BCUT2D eigenvalue weighted by atomic mass is 10.1. The molecule has 0 aliphatic carbocycles. The molecule has 1 aliphatic heterocycles. The predicted octanol–water partition coefficient (Wildman–Crippen LogP) is 0.338. The molecule has 10 heteroatoms. The summed E-state index contributed by atoms with van der Waals surface area (Å²) in [5, 5.41) is 16.0. The van der Waals surface area contributed by atoms with Crippen LogP contribution in [0.1, 0.15) is 12.8 Å². The molecule has 0 spiro atoms. The normalized spacial score (nSPS) is 16.6. The molecule has 1 heterocycles. The molecule has 1 fully saturated rings. The van der Waals surface area contributed by atoms with E-state index >= 15 is 0 Å². The van der Waals surface area contributed by atoms with Crippen molar-refractivity contribution in [1.29, 1.82) is 0 Å². The molecule has 1 aliphatic rings. The van der Waals surface area contributed by atoms with Gasteiger partial charge in [0.25, 0.3) is 5.69 Å². The van der Waals surface area contributed by atoms with Gasteiger partial charge in [0, 0.05) is 25.3 Å². The molecule has 116 valence electrons. The second-order valence-corrected chi connectivity index (χ2v) is 6.20. The van der Waals surface area contributed by atoms with Crippen LogP contribution in [-0.4, -0.2) is 32.6 Å². The lowest BCUT2D eigenvalue weighted by Gasteiger charge is -2.23. The molecule has 0 unspecified atom stereocenters. The van der Waals surface area contributed by atoms with Crippen molar-refractivity contribution in [2.75, 3.05) is 18.6 Å². The highest BCUT2D eigenvalue weighted by Gasteiger charge is 2.20. The van der Waals surface area contributed by atoms with E-state index in [9.17, 15) is 18.5 Å². The number of nitro benzene ring substituents is 1. The van der Waals surface area contributed by atoms with Crippen molar-refractivity contribution >= 4 is 21.4 Å². The first kappa shape index (κ1) is 15.6. The van der Waals surface area contributed by atoms with Gasteiger partial charge in [-0.3, -0.25) is 10.1 Å². The van der Waals surface area contributed by atoms with Gasteiger partial charge in [0.15, 0.2) is 0 Å². The maximum absolute atomic E-state index is 11.2. The zero-order chi connectivity index (χ0) is 15.5. The number of hydrogen-bond acceptors (Lipinski definition) is 7. The Morgan fingerprint density at radius 2 is 2.00 bits per heavy atom. The number of primary sulfonamides is 1. The Kier molecular flexibility index (Phi) is 4.73. The van der Waals surface area contributed by atoms with Crippen LogP contribution < -0.4 is 16.0 Å². The van der Waals surface area contributed by atoms with E-state index in [0.717, 1.165) is 18.9 Å². The Morgan fingerprint density at radius 1 is 1.33 bits per heavy atom. The third-order valence-electron chi connectivity index (χ3n) is 3.13. The molecule has 4 N–H and O–H groups in total. The molecular weight excluding hydrogens is 300 g/mol. The predicted molar refractivity (Wildman–Crippen MR) is 75.1 cm³/mol. The number of nitrogens with one attached hydrogen (secondary N) is 2. The van der Waals surface area contributed by atoms with Crippen LogP contribution in [0.3, 0.4) is 0 Å². The molecule has 21 heavy (non-hydrogen) atoms. The number of nitrogens with two attached hydrogens (primary N) is 1. The van der Waals surface area contributed by atoms with E-state index in [-0.39, 0.29) is 22.3 Å². The Balaban J connectivity index is 2.16. The summed E-state index contributed by atoms with van der Waals surface area (Å²) >= 11 is 0. The zero-order valence-corrected chi connectivity index (χ0v) is 11.9. The zero-order valence-electron chi connectivity index (χ0n) is 11.1. The van der Waals surface area contributed by atoms with Crippen molar-refractivity contribution in [1.82, 2.24) is 5.43 Å². The van der Waals surface area contributed by atoms with Crippen molar-refractivity contribution in [3.63, 3.8) is 0 Å². The minimum atomic E-state index is -3.98. The summed E-state index contributed by atoms with van der Waals surface area (Å²) in [5.74, 6) is 0. The van der Waals surface area contributed by atoms with Crippen molar-refractivity contribution < 1.29 is 18.1 Å². The number of anilines is 1. The highest BCUT2D eigenvalue weighted by molar-refractivity contribution is 7.89. The quantitative estimate of drug-likeness (QED) is 0.526. The maximum atomic E-state index is 11.2. The van der Waals surface area contributed by atoms with E-state index in [1.165, 1.54) is 12.1 Å². The maximum Gasteiger partial charge on any atom is 0.295 e. The second kappa shape index (κ2) is 6.35. The highest BCUT2D eigenvalue weighted by atomic mass is 32.2. The van der Waals surface area contributed by atoms with Crippen LogP contribution in [-0.2, 0) is 14.8 Å². The number of sulfonamides is 1. The summed E-state index contributed by atoms with van der Waals surface area (Å²) in [7, 11) is -3.98. The average Bonchev–Trinajstić information content (AvgIpc) is 2.45. The third kappa shape index (κ3) is 4.11. The molecule has 0 aromatic heterocycles. The van der Waals surface area contributed by atoms with Crippen molar-refractivity contribution in [2.24, 2.45) is 5.14 Å². The second-order valence-electron chi connectivity index (χ2n) is 4.64. The van der Waals surface area contributed by atoms with Gasteiger partial charge in [-0.25, -0.2) is 19.0 Å². The fraction of sp³-hybridized carbons (Fsp3) is 0.455. The van der Waals surface area contributed by atoms with Gasteiger partial charge in [-0.05, 0) is 25.0 Å². The largest absolute Gasteiger partial charge is 0.381 e. The van der Waals surface area contributed by atoms with Crippen molar-refractivity contribution in [3.8, 4) is 0 Å². The number of nitro groups is 1. The Bertz CT molecular complexity index is 628. The monoisotopic (exact) mass is 316 g/mol. The Labute approximate surface area is 121 Å². The standard InChI is InChI=1S/C11H16N4O5S/c12-21(18,19)9-1-2-10(11(7-9)15(16)17)14-13-8-3-5-20-6-4-8/h1-2,7-8,13-14H,3-6H2,(H2,12,18,19). The van der Waals surface area contributed by atoms with Gasteiger partial charge in [-0.15, -0.1) is 0 Å². The molecule has 1 saturated heterocycles. The van der Waals surface area contributed by atoms with Crippen LogP contribution in [0.25, 0.3) is 0 Å². The van der Waals surface area contributed by atoms with Gasteiger partial charge in [-0.2, -0.15) is 0 Å². The van der Waals surface area contributed by atoms with E-state index < -0.39 is 14.9 Å². The topological polar surface area (TPSA) is 137 Å². The summed E-state index contributed by atoms with van der Waals surface area (Å²) in [6.07, 6.45) is 1.58. The molecule has 0 saturated carbocycles. The number of ether oxygens (including phenoxy) is 1. The van der Waals surface area contributed by atoms with Crippen molar-refractivity contribution in [2.45, 2.75) is 23.8 Å². The molecule has 0 radical (unpaired) electrons. The van der Waals surface area contributed by atoms with Gasteiger partial charge >= 0.3 is 0 Å². The highest BCUT2D eigenvalue weighted by Crippen LogP contribution is 2.26. The van der Waals surface area contributed by atoms with Crippen LogP contribution in [0.4, 0.5) is 11.4 Å². The Hall–Kier alpha value is -1.75. The SMILES string of the molecule is NS(=O)(=O)c1ccc(NNC2CCOCC2)c([N+](=O)[O-])c1. The minimum absolute atomic E-state index is 0.135. The van der Waals surface area contributed by atoms with Crippen LogP contribution >= 0.6 is 0 Å². The lowest BCUT2D eigenvalue weighted by Crippen LogP contribution is -2.38. The first-order valence-corrected chi connectivity index (χ1v) is 7.83. The number of benzene rings is 1. The van der Waals surface area contributed by atoms with Gasteiger partial charge in [0.05, 0.1) is 9.82 Å². The van der Waals surface area contributed by atoms with E-state index in [0.29, 0.717) is 13.2 Å². The number of hydrazine groups is 1. The summed E-state index contributed by atoms with van der Waals surface area (Å²) in [4.78, 5) is 10.1. The molecule has 0 bridgehead atoms. The molecule has 2 rings (SSSR count). The first-order chi connectivity index (χ1) is 9.88. The summed E-state index contributed by atoms with van der Waals surface area (Å²) in [6, 6.07) is 3.60. The number of nitrogens with zero attached hydrogens (tertiary/aromatic N) is 1. The Morgan fingerprint density at radius 3 is 2.57 bits per heavy atom. The number of rotatable bonds is 5. The van der Waals surface area contributed by atoms with Crippen LogP contribution in [0, 0.1) is 10.1 Å². The van der Waals surface area contributed by atoms with E-state index in [1.54, 1.807) is 0 Å². The third-order valence-corrected chi connectivity index (χ3v) is 4.04. The van der Waals surface area contributed by atoms with Crippen LogP contribution in [0.2, 0.25) is 0 Å². The van der Waals surface area contributed by atoms with E-state index in [1.807, 2.05) is 0 Å². The molecule has 1 aromatic carbocycles. The summed E-state index contributed by atoms with van der Waals surface area (Å²) in [5.41, 5.74) is 5.56. The van der Waals surface area contributed by atoms with Gasteiger partial charge in [-0.1, -0.05) is 0 Å². The number of hydrogen-bond donors (Lipinski definition) is 3. The minimum Gasteiger partial charge on any atom is -0.381 e. The van der Waals surface area contributed by atoms with Crippen LogP contribution in [0.15, 0.2) is 23.1 Å². The average molecular weight is 316 g/mol.